The van der Waals surface area contributed by atoms with Crippen LogP contribution in [0.1, 0.15) is 13.3 Å². The van der Waals surface area contributed by atoms with Crippen LogP contribution >= 0.6 is 0 Å². The lowest BCUT2D eigenvalue weighted by atomic mass is 10.1. The normalized spacial score (nSPS) is 11.3. The number of amides is 1. The van der Waals surface area contributed by atoms with Crippen LogP contribution in [-0.4, -0.2) is 13.0 Å². The number of anilines is 1. The molecule has 0 aromatic heterocycles. The molecule has 1 atom stereocenters. The molecule has 0 heterocycles. The van der Waals surface area contributed by atoms with Crippen molar-refractivity contribution >= 4 is 11.6 Å². The van der Waals surface area contributed by atoms with Gasteiger partial charge in [0.05, 0.1) is 12.8 Å². The molecule has 16 heavy (non-hydrogen) atoms. The highest BCUT2D eigenvalue weighted by molar-refractivity contribution is 5.93. The summed E-state index contributed by atoms with van der Waals surface area (Å²) in [6.45, 7) is 1.80. The Balaban J connectivity index is 2.73. The molecule has 84 valence electrons. The monoisotopic (exact) mass is 217 g/mol. The first-order valence-corrected chi connectivity index (χ1v) is 5.06. The van der Waals surface area contributed by atoms with Gasteiger partial charge in [-0.3, -0.25) is 4.79 Å². The number of hydrogen-bond donors (Lipinski definition) is 1. The van der Waals surface area contributed by atoms with E-state index in [1.165, 1.54) is 0 Å². The summed E-state index contributed by atoms with van der Waals surface area (Å²) < 4.78 is 5.13. The van der Waals surface area contributed by atoms with Gasteiger partial charge in [0.25, 0.3) is 0 Å². The average Bonchev–Trinajstić information content (AvgIpc) is 2.30. The van der Waals surface area contributed by atoms with E-state index >= 15 is 0 Å². The van der Waals surface area contributed by atoms with Gasteiger partial charge in [0.2, 0.25) is 5.91 Å². The van der Waals surface area contributed by atoms with Crippen molar-refractivity contribution in [3.63, 3.8) is 0 Å². The van der Waals surface area contributed by atoms with Gasteiger partial charge in [0, 0.05) is 12.3 Å². The Bertz CT molecular complexity index is 407. The molecule has 1 rings (SSSR count). The molecule has 0 saturated heterocycles. The second-order valence-electron chi connectivity index (χ2n) is 3.50. The Labute approximate surface area is 95.8 Å². The van der Waals surface area contributed by atoms with Gasteiger partial charge in [-0.15, -0.1) is 12.3 Å². The van der Waals surface area contributed by atoms with E-state index in [9.17, 15) is 4.79 Å². The first kappa shape index (κ1) is 12.1. The maximum absolute atomic E-state index is 11.7. The van der Waals surface area contributed by atoms with Crippen molar-refractivity contribution in [1.29, 1.82) is 0 Å². The number of methoxy groups -OCH3 is 1. The highest BCUT2D eigenvalue weighted by Crippen LogP contribution is 2.23. The minimum Gasteiger partial charge on any atom is -0.495 e. The van der Waals surface area contributed by atoms with Gasteiger partial charge < -0.3 is 10.1 Å². The minimum absolute atomic E-state index is 0.0950. The minimum atomic E-state index is -0.199. The second-order valence-corrected chi connectivity index (χ2v) is 3.50. The van der Waals surface area contributed by atoms with Crippen LogP contribution in [0.3, 0.4) is 0 Å². The third-order valence-electron chi connectivity index (χ3n) is 2.24. The molecule has 3 nitrogen and oxygen atoms in total. The molecule has 1 unspecified atom stereocenters. The Kier molecular flexibility index (Phi) is 4.41. The number of nitrogens with one attached hydrogen (secondary N) is 1. The zero-order valence-electron chi connectivity index (χ0n) is 9.49. The van der Waals surface area contributed by atoms with E-state index in [1.807, 2.05) is 12.1 Å². The van der Waals surface area contributed by atoms with Crippen LogP contribution in [0.15, 0.2) is 24.3 Å². The maximum atomic E-state index is 11.7. The number of terminal acetylenes is 1. The van der Waals surface area contributed by atoms with Gasteiger partial charge in [-0.2, -0.15) is 0 Å². The van der Waals surface area contributed by atoms with Gasteiger partial charge in [0.1, 0.15) is 5.75 Å². The van der Waals surface area contributed by atoms with Gasteiger partial charge >= 0.3 is 0 Å². The largest absolute Gasteiger partial charge is 0.495 e. The molecular formula is C13H15NO2. The quantitative estimate of drug-likeness (QED) is 0.786. The summed E-state index contributed by atoms with van der Waals surface area (Å²) in [7, 11) is 1.57. The highest BCUT2D eigenvalue weighted by atomic mass is 16.5. The molecule has 1 aromatic rings. The average molecular weight is 217 g/mol. The van der Waals surface area contributed by atoms with Crippen LogP contribution in [-0.2, 0) is 4.79 Å². The van der Waals surface area contributed by atoms with E-state index in [0.717, 1.165) is 0 Å². The first-order chi connectivity index (χ1) is 7.69. The summed E-state index contributed by atoms with van der Waals surface area (Å²) in [5.41, 5.74) is 0.666. The first-order valence-electron chi connectivity index (χ1n) is 5.06. The van der Waals surface area contributed by atoms with Crippen molar-refractivity contribution in [2.75, 3.05) is 12.4 Å². The number of para-hydroxylation sites is 2. The van der Waals surface area contributed by atoms with Gasteiger partial charge in [-0.25, -0.2) is 0 Å². The maximum Gasteiger partial charge on any atom is 0.228 e. The number of carbonyl (C=O) groups is 1. The Morgan fingerprint density at radius 3 is 2.88 bits per heavy atom. The van der Waals surface area contributed by atoms with Crippen LogP contribution < -0.4 is 10.1 Å². The molecule has 1 N–H and O–H groups in total. The summed E-state index contributed by atoms with van der Waals surface area (Å²) in [6, 6.07) is 7.27. The fraction of sp³-hybridized carbons (Fsp3) is 0.308. The molecule has 0 fully saturated rings. The fourth-order valence-electron chi connectivity index (χ4n) is 1.27. The summed E-state index contributed by atoms with van der Waals surface area (Å²) in [5.74, 6) is 2.82. The van der Waals surface area contributed by atoms with Crippen LogP contribution in [0.5, 0.6) is 5.75 Å². The van der Waals surface area contributed by atoms with Crippen LogP contribution in [0.4, 0.5) is 5.69 Å². The number of hydrogen-bond acceptors (Lipinski definition) is 2. The molecule has 0 spiro atoms. The van der Waals surface area contributed by atoms with Crippen LogP contribution in [0.25, 0.3) is 0 Å². The van der Waals surface area contributed by atoms with Crippen molar-refractivity contribution in [3.05, 3.63) is 24.3 Å². The van der Waals surface area contributed by atoms with Crippen molar-refractivity contribution in [3.8, 4) is 18.1 Å². The molecule has 0 aliphatic rings. The predicted molar refractivity (Wildman–Crippen MR) is 64.2 cm³/mol. The zero-order valence-corrected chi connectivity index (χ0v) is 9.49. The predicted octanol–water partition coefficient (Wildman–Crippen LogP) is 2.29. The molecular weight excluding hydrogens is 202 g/mol. The summed E-state index contributed by atoms with van der Waals surface area (Å²) >= 11 is 0. The van der Waals surface area contributed by atoms with E-state index in [1.54, 1.807) is 26.2 Å². The number of ether oxygens (including phenoxy) is 1. The molecule has 0 aliphatic heterocycles. The smallest absolute Gasteiger partial charge is 0.228 e. The SMILES string of the molecule is C#CCC(C)C(=O)Nc1ccccc1OC. The van der Waals surface area contributed by atoms with Crippen LogP contribution in [0, 0.1) is 18.3 Å². The zero-order chi connectivity index (χ0) is 12.0. The van der Waals surface area contributed by atoms with Gasteiger partial charge in [-0.1, -0.05) is 19.1 Å². The number of rotatable bonds is 4. The molecule has 1 aromatic carbocycles. The molecule has 0 bridgehead atoms. The third kappa shape index (κ3) is 3.03. The topological polar surface area (TPSA) is 38.3 Å². The van der Waals surface area contributed by atoms with Gasteiger partial charge in [0.15, 0.2) is 0 Å². The van der Waals surface area contributed by atoms with E-state index in [2.05, 4.69) is 11.2 Å². The van der Waals surface area contributed by atoms with Crippen molar-refractivity contribution in [1.82, 2.24) is 0 Å². The Morgan fingerprint density at radius 1 is 1.56 bits per heavy atom. The lowest BCUT2D eigenvalue weighted by molar-refractivity contribution is -0.119. The molecule has 0 aliphatic carbocycles. The van der Waals surface area contributed by atoms with E-state index in [4.69, 9.17) is 11.2 Å². The van der Waals surface area contributed by atoms with Crippen molar-refractivity contribution in [2.45, 2.75) is 13.3 Å². The summed E-state index contributed by atoms with van der Waals surface area (Å²) in [4.78, 5) is 11.7. The Hall–Kier alpha value is -1.95. The third-order valence-corrected chi connectivity index (χ3v) is 2.24. The molecule has 3 heteroatoms. The molecule has 0 saturated carbocycles. The van der Waals surface area contributed by atoms with Crippen LogP contribution in [0.2, 0.25) is 0 Å². The number of carbonyl (C=O) groups excluding carboxylic acids is 1. The van der Waals surface area contributed by atoms with Crippen molar-refractivity contribution in [2.24, 2.45) is 5.92 Å². The fourth-order valence-corrected chi connectivity index (χ4v) is 1.27. The summed E-state index contributed by atoms with van der Waals surface area (Å²) in [5, 5.41) is 2.79. The van der Waals surface area contributed by atoms with Crippen molar-refractivity contribution < 1.29 is 9.53 Å². The van der Waals surface area contributed by atoms with E-state index in [-0.39, 0.29) is 11.8 Å². The van der Waals surface area contributed by atoms with Gasteiger partial charge in [-0.05, 0) is 12.1 Å². The second kappa shape index (κ2) is 5.82. The summed E-state index contributed by atoms with van der Waals surface area (Å²) in [6.07, 6.45) is 5.59. The standard InChI is InChI=1S/C13H15NO2/c1-4-7-10(2)13(15)14-11-8-5-6-9-12(11)16-3/h1,5-6,8-10H,7H2,2-3H3,(H,14,15). The lowest BCUT2D eigenvalue weighted by Gasteiger charge is -2.12. The van der Waals surface area contributed by atoms with E-state index < -0.39 is 0 Å². The number of benzene rings is 1. The van der Waals surface area contributed by atoms with E-state index in [0.29, 0.717) is 17.9 Å². The molecule has 1 amide bonds. The Morgan fingerprint density at radius 2 is 2.25 bits per heavy atom. The highest BCUT2D eigenvalue weighted by Gasteiger charge is 2.13. The lowest BCUT2D eigenvalue weighted by Crippen LogP contribution is -2.20. The molecule has 0 radical (unpaired) electrons.